The summed E-state index contributed by atoms with van der Waals surface area (Å²) in [6.45, 7) is 6.75. The molecule has 0 amide bonds. The first-order chi connectivity index (χ1) is 9.72. The van der Waals surface area contributed by atoms with Crippen molar-refractivity contribution in [3.63, 3.8) is 0 Å². The standard InChI is InChI=1S/C14H22N6/c1-11-9-12(10-16-13-15-5-8-19(13)2)18-14(17-11)20-6-3-4-7-20/h9H,3-8,10H2,1-2H3,(H,15,16). The minimum Gasteiger partial charge on any atom is -0.351 e. The fraction of sp³-hybridized carbons (Fsp3) is 0.643. The highest BCUT2D eigenvalue weighted by Crippen LogP contribution is 2.16. The van der Waals surface area contributed by atoms with E-state index in [-0.39, 0.29) is 0 Å². The van der Waals surface area contributed by atoms with Gasteiger partial charge in [-0.15, -0.1) is 0 Å². The molecule has 2 aliphatic rings. The molecule has 1 N–H and O–H groups in total. The summed E-state index contributed by atoms with van der Waals surface area (Å²) in [6.07, 6.45) is 2.49. The van der Waals surface area contributed by atoms with Crippen LogP contribution in [0.15, 0.2) is 11.1 Å². The molecule has 2 aliphatic heterocycles. The number of nitrogens with one attached hydrogen (secondary N) is 1. The number of likely N-dealkylation sites (N-methyl/N-ethyl adjacent to an activating group) is 1. The Labute approximate surface area is 119 Å². The molecule has 0 radical (unpaired) electrons. The highest BCUT2D eigenvalue weighted by Gasteiger charge is 2.16. The minimum absolute atomic E-state index is 0.702. The molecular formula is C14H22N6. The molecule has 0 saturated carbocycles. The second-order valence-corrected chi connectivity index (χ2v) is 5.48. The summed E-state index contributed by atoms with van der Waals surface area (Å²) in [5, 5.41) is 3.36. The van der Waals surface area contributed by atoms with Crippen LogP contribution >= 0.6 is 0 Å². The van der Waals surface area contributed by atoms with Crippen molar-refractivity contribution in [2.24, 2.45) is 4.99 Å². The van der Waals surface area contributed by atoms with E-state index in [1.165, 1.54) is 12.8 Å². The van der Waals surface area contributed by atoms with Crippen molar-refractivity contribution in [1.82, 2.24) is 20.2 Å². The average molecular weight is 274 g/mol. The Bertz CT molecular complexity index is 506. The van der Waals surface area contributed by atoms with E-state index < -0.39 is 0 Å². The molecule has 1 saturated heterocycles. The predicted octanol–water partition coefficient (Wildman–Crippen LogP) is 0.776. The highest BCUT2D eigenvalue weighted by molar-refractivity contribution is 5.81. The van der Waals surface area contributed by atoms with Gasteiger partial charge in [-0.25, -0.2) is 9.97 Å². The number of aryl methyl sites for hydroxylation is 1. The lowest BCUT2D eigenvalue weighted by Gasteiger charge is -2.18. The van der Waals surface area contributed by atoms with E-state index in [1.54, 1.807) is 0 Å². The maximum atomic E-state index is 4.68. The fourth-order valence-electron chi connectivity index (χ4n) is 2.66. The SMILES string of the molecule is Cc1cc(CNC2=NCCN2C)nc(N2CCCC2)n1. The van der Waals surface area contributed by atoms with Crippen molar-refractivity contribution in [2.45, 2.75) is 26.3 Å². The number of nitrogens with zero attached hydrogens (tertiary/aromatic N) is 5. The van der Waals surface area contributed by atoms with Gasteiger partial charge in [0.25, 0.3) is 0 Å². The zero-order valence-corrected chi connectivity index (χ0v) is 12.3. The Balaban J connectivity index is 1.69. The van der Waals surface area contributed by atoms with Crippen LogP contribution in [0.4, 0.5) is 5.95 Å². The molecule has 108 valence electrons. The van der Waals surface area contributed by atoms with E-state index in [9.17, 15) is 0 Å². The number of anilines is 1. The van der Waals surface area contributed by atoms with Gasteiger partial charge in [-0.1, -0.05) is 0 Å². The van der Waals surface area contributed by atoms with E-state index >= 15 is 0 Å². The van der Waals surface area contributed by atoms with Crippen molar-refractivity contribution in [1.29, 1.82) is 0 Å². The van der Waals surface area contributed by atoms with Crippen LogP contribution in [0.25, 0.3) is 0 Å². The molecule has 3 rings (SSSR count). The van der Waals surface area contributed by atoms with Crippen LogP contribution < -0.4 is 10.2 Å². The molecule has 0 aromatic carbocycles. The number of guanidine groups is 1. The number of hydrogen-bond acceptors (Lipinski definition) is 6. The van der Waals surface area contributed by atoms with Gasteiger partial charge in [0.2, 0.25) is 5.95 Å². The van der Waals surface area contributed by atoms with Gasteiger partial charge in [0.05, 0.1) is 18.8 Å². The van der Waals surface area contributed by atoms with Gasteiger partial charge in [0.1, 0.15) is 0 Å². The summed E-state index contributed by atoms with van der Waals surface area (Å²) in [5.41, 5.74) is 2.06. The van der Waals surface area contributed by atoms with Crippen LogP contribution in [0, 0.1) is 6.92 Å². The lowest BCUT2D eigenvalue weighted by atomic mass is 10.3. The maximum Gasteiger partial charge on any atom is 0.225 e. The molecule has 6 nitrogen and oxygen atoms in total. The van der Waals surface area contributed by atoms with E-state index in [2.05, 4.69) is 37.1 Å². The summed E-state index contributed by atoms with van der Waals surface area (Å²) < 4.78 is 0. The van der Waals surface area contributed by atoms with Crippen molar-refractivity contribution >= 4 is 11.9 Å². The predicted molar refractivity (Wildman–Crippen MR) is 80.0 cm³/mol. The second-order valence-electron chi connectivity index (χ2n) is 5.48. The molecule has 6 heteroatoms. The molecule has 0 aliphatic carbocycles. The van der Waals surface area contributed by atoms with Gasteiger partial charge in [0, 0.05) is 32.4 Å². The van der Waals surface area contributed by atoms with Crippen molar-refractivity contribution in [2.75, 3.05) is 38.1 Å². The number of rotatable bonds is 3. The monoisotopic (exact) mass is 274 g/mol. The highest BCUT2D eigenvalue weighted by atomic mass is 15.3. The normalized spacial score (nSPS) is 18.6. The lowest BCUT2D eigenvalue weighted by Crippen LogP contribution is -2.35. The van der Waals surface area contributed by atoms with Gasteiger partial charge in [0.15, 0.2) is 5.96 Å². The molecule has 1 aromatic rings. The zero-order valence-electron chi connectivity index (χ0n) is 12.3. The molecule has 0 unspecified atom stereocenters. The van der Waals surface area contributed by atoms with Crippen molar-refractivity contribution < 1.29 is 0 Å². The van der Waals surface area contributed by atoms with Crippen molar-refractivity contribution in [3.8, 4) is 0 Å². The van der Waals surface area contributed by atoms with Gasteiger partial charge < -0.3 is 15.1 Å². The summed E-state index contributed by atoms with van der Waals surface area (Å²) in [7, 11) is 2.06. The van der Waals surface area contributed by atoms with Gasteiger partial charge in [-0.2, -0.15) is 0 Å². The van der Waals surface area contributed by atoms with Gasteiger partial charge >= 0.3 is 0 Å². The Morgan fingerprint density at radius 1 is 1.20 bits per heavy atom. The topological polar surface area (TPSA) is 56.7 Å². The van der Waals surface area contributed by atoms with E-state index in [0.717, 1.165) is 49.5 Å². The summed E-state index contributed by atoms with van der Waals surface area (Å²) in [4.78, 5) is 18.1. The first-order valence-electron chi connectivity index (χ1n) is 7.31. The molecule has 1 aromatic heterocycles. The summed E-state index contributed by atoms with van der Waals surface area (Å²) in [6, 6.07) is 2.04. The minimum atomic E-state index is 0.702. The van der Waals surface area contributed by atoms with Gasteiger partial charge in [-0.05, 0) is 25.8 Å². The lowest BCUT2D eigenvalue weighted by molar-refractivity contribution is 0.533. The zero-order chi connectivity index (χ0) is 13.9. The fourth-order valence-corrected chi connectivity index (χ4v) is 2.66. The smallest absolute Gasteiger partial charge is 0.225 e. The third kappa shape index (κ3) is 2.84. The Morgan fingerprint density at radius 3 is 2.70 bits per heavy atom. The largest absolute Gasteiger partial charge is 0.351 e. The van der Waals surface area contributed by atoms with Crippen LogP contribution in [0.1, 0.15) is 24.2 Å². The van der Waals surface area contributed by atoms with Crippen LogP contribution in [0.3, 0.4) is 0 Å². The van der Waals surface area contributed by atoms with E-state index in [4.69, 9.17) is 0 Å². The number of aliphatic imine (C=N–C) groups is 1. The quantitative estimate of drug-likeness (QED) is 0.882. The van der Waals surface area contributed by atoms with E-state index in [0.29, 0.717) is 6.54 Å². The molecule has 0 spiro atoms. The summed E-state index contributed by atoms with van der Waals surface area (Å²) >= 11 is 0. The Kier molecular flexibility index (Phi) is 3.71. The third-order valence-electron chi connectivity index (χ3n) is 3.77. The molecule has 20 heavy (non-hydrogen) atoms. The Hall–Kier alpha value is -1.85. The average Bonchev–Trinajstić information content (AvgIpc) is 3.07. The first kappa shape index (κ1) is 13.1. The molecule has 0 bridgehead atoms. The molecule has 1 fully saturated rings. The van der Waals surface area contributed by atoms with Crippen LogP contribution in [-0.2, 0) is 6.54 Å². The summed E-state index contributed by atoms with van der Waals surface area (Å²) in [5.74, 6) is 1.84. The number of hydrogen-bond donors (Lipinski definition) is 1. The maximum absolute atomic E-state index is 4.68. The molecule has 0 atom stereocenters. The third-order valence-corrected chi connectivity index (χ3v) is 3.77. The molecular weight excluding hydrogens is 252 g/mol. The molecule has 3 heterocycles. The van der Waals surface area contributed by atoms with Crippen LogP contribution in [0.2, 0.25) is 0 Å². The van der Waals surface area contributed by atoms with Crippen molar-refractivity contribution in [3.05, 3.63) is 17.5 Å². The van der Waals surface area contributed by atoms with Crippen LogP contribution in [-0.4, -0.2) is 54.1 Å². The van der Waals surface area contributed by atoms with Crippen LogP contribution in [0.5, 0.6) is 0 Å². The van der Waals surface area contributed by atoms with E-state index in [1.807, 2.05) is 13.0 Å². The van der Waals surface area contributed by atoms with Gasteiger partial charge in [-0.3, -0.25) is 4.99 Å². The Morgan fingerprint density at radius 2 is 2.00 bits per heavy atom. The first-order valence-corrected chi connectivity index (χ1v) is 7.31. The second kappa shape index (κ2) is 5.64. The number of aromatic nitrogens is 2.